The van der Waals surface area contributed by atoms with Crippen molar-refractivity contribution in [1.82, 2.24) is 14.1 Å². The predicted octanol–water partition coefficient (Wildman–Crippen LogP) is 5.64. The van der Waals surface area contributed by atoms with Crippen molar-refractivity contribution in [2.45, 2.75) is 13.5 Å². The van der Waals surface area contributed by atoms with Crippen molar-refractivity contribution in [1.29, 1.82) is 0 Å². The van der Waals surface area contributed by atoms with E-state index in [1.807, 2.05) is 66.7 Å². The molecule has 0 aliphatic heterocycles. The molecule has 0 radical (unpaired) electrons. The fraction of sp³-hybridized carbons (Fsp3) is 0.133. The van der Waals surface area contributed by atoms with Crippen LogP contribution in [0.15, 0.2) is 109 Å². The molecule has 5 aromatic rings. The van der Waals surface area contributed by atoms with E-state index in [0.29, 0.717) is 25.5 Å². The molecule has 0 fully saturated rings. The Labute approximate surface area is 215 Å². The number of anilines is 1. The molecular formula is C30H28N4O3. The minimum absolute atomic E-state index is 0.184. The summed E-state index contributed by atoms with van der Waals surface area (Å²) in [4.78, 5) is 18.0. The molecule has 0 bridgehead atoms. The van der Waals surface area contributed by atoms with E-state index in [-0.39, 0.29) is 5.69 Å². The summed E-state index contributed by atoms with van der Waals surface area (Å²) in [6.45, 7) is 7.01. The van der Waals surface area contributed by atoms with Crippen molar-refractivity contribution < 1.29 is 9.47 Å². The maximum absolute atomic E-state index is 13.7. The van der Waals surface area contributed by atoms with Crippen molar-refractivity contribution in [2.24, 2.45) is 0 Å². The lowest BCUT2D eigenvalue weighted by molar-refractivity contribution is 0.183. The van der Waals surface area contributed by atoms with Crippen LogP contribution in [0.2, 0.25) is 0 Å². The molecule has 7 heteroatoms. The molecule has 186 valence electrons. The molecule has 2 heterocycles. The van der Waals surface area contributed by atoms with Crippen LogP contribution < -0.4 is 15.7 Å². The fourth-order valence-electron chi connectivity index (χ4n) is 4.20. The van der Waals surface area contributed by atoms with Crippen LogP contribution in [0.25, 0.3) is 22.4 Å². The number of imidazole rings is 1. The first-order valence-electron chi connectivity index (χ1n) is 12.0. The van der Waals surface area contributed by atoms with Gasteiger partial charge in [-0.2, -0.15) is 0 Å². The number of ether oxygens (including phenoxy) is 2. The molecule has 7 nitrogen and oxygen atoms in total. The second-order valence-corrected chi connectivity index (χ2v) is 8.56. The average molecular weight is 493 g/mol. The predicted molar refractivity (Wildman–Crippen MR) is 147 cm³/mol. The lowest BCUT2D eigenvalue weighted by atomic mass is 10.1. The Balaban J connectivity index is 1.45. The summed E-state index contributed by atoms with van der Waals surface area (Å²) in [6.07, 6.45) is 5.10. The largest absolute Gasteiger partial charge is 0.489 e. The number of benzene rings is 3. The molecule has 3 aromatic carbocycles. The van der Waals surface area contributed by atoms with Crippen LogP contribution in [-0.2, 0) is 11.3 Å². The number of nitrogens with zero attached hydrogens (tertiary/aromatic N) is 3. The van der Waals surface area contributed by atoms with Gasteiger partial charge < -0.3 is 14.8 Å². The van der Waals surface area contributed by atoms with Crippen LogP contribution in [0.1, 0.15) is 11.1 Å². The van der Waals surface area contributed by atoms with Crippen molar-refractivity contribution in [2.75, 3.05) is 18.7 Å². The number of rotatable bonds is 10. The van der Waals surface area contributed by atoms with Gasteiger partial charge in [-0.15, -0.1) is 6.58 Å². The first kappa shape index (κ1) is 24.1. The van der Waals surface area contributed by atoms with Gasteiger partial charge in [0.15, 0.2) is 0 Å². The van der Waals surface area contributed by atoms with Gasteiger partial charge in [0.1, 0.15) is 19.1 Å². The summed E-state index contributed by atoms with van der Waals surface area (Å²) in [5, 5.41) is 3.21. The van der Waals surface area contributed by atoms with Crippen LogP contribution >= 0.6 is 0 Å². The minimum Gasteiger partial charge on any atom is -0.489 e. The zero-order valence-electron chi connectivity index (χ0n) is 20.6. The van der Waals surface area contributed by atoms with Crippen LogP contribution in [0.3, 0.4) is 0 Å². The minimum atomic E-state index is -0.184. The fourth-order valence-corrected chi connectivity index (χ4v) is 4.20. The number of aryl methyl sites for hydroxylation is 1. The summed E-state index contributed by atoms with van der Waals surface area (Å²) in [5.74, 6) is 0.736. The van der Waals surface area contributed by atoms with Crippen molar-refractivity contribution in [3.8, 4) is 17.1 Å². The number of hydrogen-bond acceptors (Lipinski definition) is 5. The van der Waals surface area contributed by atoms with Gasteiger partial charge in [0.05, 0.1) is 35.2 Å². The maximum Gasteiger partial charge on any atom is 0.338 e. The molecule has 0 aliphatic carbocycles. The summed E-state index contributed by atoms with van der Waals surface area (Å²) >= 11 is 0. The van der Waals surface area contributed by atoms with Crippen LogP contribution in [0, 0.1) is 6.92 Å². The standard InChI is InChI=1S/C30H28N4O3/c1-3-17-36-21-32-24-9-6-10-26(18-24)34-28-15-16-31-19-29(28)33(30(34)35)25-11-13-27(14-12-25)37-20-23-8-5-4-7-22(23)2/h3-16,18-19,32H,1,17,20-21H2,2H3. The maximum atomic E-state index is 13.7. The normalized spacial score (nSPS) is 10.9. The van der Waals surface area contributed by atoms with E-state index >= 15 is 0 Å². The van der Waals surface area contributed by atoms with Crippen molar-refractivity contribution in [3.63, 3.8) is 0 Å². The first-order chi connectivity index (χ1) is 18.2. The van der Waals surface area contributed by atoms with Crippen LogP contribution in [0.5, 0.6) is 5.75 Å². The Morgan fingerprint density at radius 3 is 2.57 bits per heavy atom. The quantitative estimate of drug-likeness (QED) is 0.155. The smallest absolute Gasteiger partial charge is 0.338 e. The third kappa shape index (κ3) is 5.17. The van der Waals surface area contributed by atoms with Gasteiger partial charge in [-0.1, -0.05) is 36.4 Å². The van der Waals surface area contributed by atoms with E-state index in [1.54, 1.807) is 27.6 Å². The van der Waals surface area contributed by atoms with Gasteiger partial charge in [-0.05, 0) is 66.6 Å². The second-order valence-electron chi connectivity index (χ2n) is 8.56. The van der Waals surface area contributed by atoms with E-state index in [2.05, 4.69) is 35.9 Å². The van der Waals surface area contributed by atoms with Gasteiger partial charge in [0.25, 0.3) is 0 Å². The molecule has 0 spiro atoms. The Morgan fingerprint density at radius 2 is 1.76 bits per heavy atom. The van der Waals surface area contributed by atoms with E-state index in [4.69, 9.17) is 9.47 Å². The first-order valence-corrected chi connectivity index (χ1v) is 12.0. The molecule has 0 unspecified atom stereocenters. The van der Waals surface area contributed by atoms with Gasteiger partial charge >= 0.3 is 5.69 Å². The highest BCUT2D eigenvalue weighted by atomic mass is 16.5. The highest BCUT2D eigenvalue weighted by Crippen LogP contribution is 2.23. The molecule has 5 rings (SSSR count). The van der Waals surface area contributed by atoms with E-state index in [0.717, 1.165) is 33.9 Å². The second kappa shape index (κ2) is 11.0. The number of nitrogens with one attached hydrogen (secondary N) is 1. The Bertz CT molecular complexity index is 1590. The highest BCUT2D eigenvalue weighted by Gasteiger charge is 2.16. The zero-order valence-corrected chi connectivity index (χ0v) is 20.6. The van der Waals surface area contributed by atoms with Gasteiger partial charge in [0, 0.05) is 11.9 Å². The Morgan fingerprint density at radius 1 is 0.946 bits per heavy atom. The molecule has 2 aromatic heterocycles. The summed E-state index contributed by atoms with van der Waals surface area (Å²) in [7, 11) is 0. The number of hydrogen-bond donors (Lipinski definition) is 1. The molecule has 0 saturated carbocycles. The summed E-state index contributed by atoms with van der Waals surface area (Å²) < 4.78 is 14.8. The lowest BCUT2D eigenvalue weighted by Crippen LogP contribution is -2.22. The SMILES string of the molecule is C=CCOCNc1cccc(-n2c(=O)n(-c3ccc(OCc4ccccc4C)cc3)c3cnccc32)c1. The number of pyridine rings is 1. The molecule has 0 saturated heterocycles. The van der Waals surface area contributed by atoms with Gasteiger partial charge in [-0.25, -0.2) is 4.79 Å². The highest BCUT2D eigenvalue weighted by molar-refractivity contribution is 5.79. The van der Waals surface area contributed by atoms with E-state index in [9.17, 15) is 4.79 Å². The molecule has 37 heavy (non-hydrogen) atoms. The third-order valence-corrected chi connectivity index (χ3v) is 6.11. The van der Waals surface area contributed by atoms with Gasteiger partial charge in [-0.3, -0.25) is 14.1 Å². The lowest BCUT2D eigenvalue weighted by Gasteiger charge is -2.10. The van der Waals surface area contributed by atoms with Crippen LogP contribution in [0.4, 0.5) is 5.69 Å². The van der Waals surface area contributed by atoms with Crippen molar-refractivity contribution in [3.05, 3.63) is 126 Å². The van der Waals surface area contributed by atoms with E-state index < -0.39 is 0 Å². The zero-order chi connectivity index (χ0) is 25.6. The molecule has 0 atom stereocenters. The number of fused-ring (bicyclic) bond motifs is 1. The Kier molecular flexibility index (Phi) is 7.14. The molecule has 0 aliphatic rings. The van der Waals surface area contributed by atoms with Crippen LogP contribution in [-0.4, -0.2) is 27.5 Å². The third-order valence-electron chi connectivity index (χ3n) is 6.11. The summed E-state index contributed by atoms with van der Waals surface area (Å²) in [5.41, 5.74) is 5.95. The molecular weight excluding hydrogens is 464 g/mol. The topological polar surface area (TPSA) is 70.3 Å². The summed E-state index contributed by atoms with van der Waals surface area (Å²) in [6, 6.07) is 25.2. The van der Waals surface area contributed by atoms with Gasteiger partial charge in [0.2, 0.25) is 0 Å². The number of aromatic nitrogens is 3. The average Bonchev–Trinajstić information content (AvgIpc) is 3.23. The van der Waals surface area contributed by atoms with Crippen molar-refractivity contribution >= 4 is 16.7 Å². The monoisotopic (exact) mass is 492 g/mol. The molecule has 0 amide bonds. The van der Waals surface area contributed by atoms with E-state index in [1.165, 1.54) is 5.56 Å². The Hall–Kier alpha value is -4.62. The molecule has 1 N–H and O–H groups in total.